The van der Waals surface area contributed by atoms with Gasteiger partial charge in [0, 0.05) is 44.1 Å². The van der Waals surface area contributed by atoms with Crippen LogP contribution in [0.5, 0.6) is 0 Å². The molecular weight excluding hydrogens is 335 g/mol. The average molecular weight is 352 g/mol. The topological polar surface area (TPSA) is 78.0 Å². The number of H-pyrrole nitrogens is 1. The minimum atomic E-state index is -0.305. The van der Waals surface area contributed by atoms with Crippen LogP contribution < -0.4 is 4.90 Å². The number of rotatable bonds is 3. The zero-order valence-electron chi connectivity index (χ0n) is 14.0. The van der Waals surface area contributed by atoms with Gasteiger partial charge in [-0.3, -0.25) is 9.89 Å². The Bertz CT molecular complexity index is 888. The number of carbonyl (C=O) groups excluding carboxylic acids is 1. The molecule has 0 bridgehead atoms. The second kappa shape index (κ2) is 6.91. The van der Waals surface area contributed by atoms with Crippen molar-refractivity contribution >= 4 is 11.9 Å². The lowest BCUT2D eigenvalue weighted by Gasteiger charge is -2.34. The van der Waals surface area contributed by atoms with Gasteiger partial charge in [0.2, 0.25) is 5.95 Å². The average Bonchev–Trinajstić information content (AvgIpc) is 3.19. The number of anilines is 1. The zero-order chi connectivity index (χ0) is 17.9. The summed E-state index contributed by atoms with van der Waals surface area (Å²) in [6, 6.07) is 9.49. The highest BCUT2D eigenvalue weighted by molar-refractivity contribution is 5.93. The molecule has 0 aliphatic carbocycles. The second-order valence-electron chi connectivity index (χ2n) is 6.00. The summed E-state index contributed by atoms with van der Waals surface area (Å²) >= 11 is 0. The predicted molar refractivity (Wildman–Crippen MR) is 94.1 cm³/mol. The van der Waals surface area contributed by atoms with Gasteiger partial charge in [0.25, 0.3) is 5.91 Å². The molecular formula is C18H17FN6O. The van der Waals surface area contributed by atoms with Crippen LogP contribution in [0.1, 0.15) is 10.5 Å². The fourth-order valence-corrected chi connectivity index (χ4v) is 2.93. The molecule has 1 fully saturated rings. The van der Waals surface area contributed by atoms with Crippen molar-refractivity contribution in [3.8, 4) is 11.3 Å². The van der Waals surface area contributed by atoms with Crippen molar-refractivity contribution < 1.29 is 9.18 Å². The molecule has 0 saturated carbocycles. The van der Waals surface area contributed by atoms with Gasteiger partial charge in [-0.05, 0) is 36.4 Å². The Labute approximate surface area is 149 Å². The third kappa shape index (κ3) is 3.26. The van der Waals surface area contributed by atoms with Crippen molar-refractivity contribution in [3.05, 3.63) is 60.3 Å². The first-order valence-electron chi connectivity index (χ1n) is 8.33. The van der Waals surface area contributed by atoms with Gasteiger partial charge in [0.1, 0.15) is 11.5 Å². The number of amides is 1. The summed E-state index contributed by atoms with van der Waals surface area (Å²) in [5.74, 6) is 0.278. The molecule has 3 aromatic rings. The molecule has 0 radical (unpaired) electrons. The Morgan fingerprint density at radius 2 is 1.73 bits per heavy atom. The summed E-state index contributed by atoms with van der Waals surface area (Å²) in [5.41, 5.74) is 1.80. The lowest BCUT2D eigenvalue weighted by atomic mass is 10.1. The fourth-order valence-electron chi connectivity index (χ4n) is 2.93. The third-order valence-corrected chi connectivity index (χ3v) is 4.35. The quantitative estimate of drug-likeness (QED) is 0.780. The molecule has 4 rings (SSSR count). The van der Waals surface area contributed by atoms with E-state index < -0.39 is 0 Å². The third-order valence-electron chi connectivity index (χ3n) is 4.35. The van der Waals surface area contributed by atoms with Crippen molar-refractivity contribution in [1.29, 1.82) is 0 Å². The van der Waals surface area contributed by atoms with Crippen LogP contribution in [0.25, 0.3) is 11.3 Å². The lowest BCUT2D eigenvalue weighted by molar-refractivity contribution is 0.0740. The van der Waals surface area contributed by atoms with Gasteiger partial charge in [0.15, 0.2) is 0 Å². The Kier molecular flexibility index (Phi) is 4.30. The van der Waals surface area contributed by atoms with Crippen molar-refractivity contribution in [2.24, 2.45) is 0 Å². The molecule has 1 aliphatic rings. The van der Waals surface area contributed by atoms with Crippen LogP contribution in [0.15, 0.2) is 48.8 Å². The Hall–Kier alpha value is -3.29. The van der Waals surface area contributed by atoms with Crippen molar-refractivity contribution in [2.75, 3.05) is 31.1 Å². The first-order chi connectivity index (χ1) is 12.7. The standard InChI is InChI=1S/C18H17FN6O/c19-14-4-2-13(3-5-14)15-12-16(23-22-15)17(26)24-8-10-25(11-9-24)18-20-6-1-7-21-18/h1-7,12H,8-11H2,(H,22,23). The second-order valence-corrected chi connectivity index (χ2v) is 6.00. The van der Waals surface area contributed by atoms with E-state index in [-0.39, 0.29) is 11.7 Å². The van der Waals surface area contributed by atoms with E-state index in [0.29, 0.717) is 43.5 Å². The van der Waals surface area contributed by atoms with E-state index in [4.69, 9.17) is 0 Å². The number of piperazine rings is 1. The van der Waals surface area contributed by atoms with E-state index in [9.17, 15) is 9.18 Å². The zero-order valence-corrected chi connectivity index (χ0v) is 14.0. The van der Waals surface area contributed by atoms with Crippen LogP contribution in [0.2, 0.25) is 0 Å². The van der Waals surface area contributed by atoms with Crippen LogP contribution in [0, 0.1) is 5.82 Å². The number of benzene rings is 1. The number of carbonyl (C=O) groups is 1. The highest BCUT2D eigenvalue weighted by Gasteiger charge is 2.24. The Balaban J connectivity index is 1.42. The van der Waals surface area contributed by atoms with E-state index in [0.717, 1.165) is 5.56 Å². The molecule has 3 heterocycles. The molecule has 0 unspecified atom stereocenters. The van der Waals surface area contributed by atoms with Crippen molar-refractivity contribution in [2.45, 2.75) is 0 Å². The van der Waals surface area contributed by atoms with Gasteiger partial charge >= 0.3 is 0 Å². The van der Waals surface area contributed by atoms with Crippen LogP contribution in [-0.4, -0.2) is 57.2 Å². The van der Waals surface area contributed by atoms with E-state index in [1.165, 1.54) is 12.1 Å². The predicted octanol–water partition coefficient (Wildman–Crippen LogP) is 1.97. The molecule has 0 spiro atoms. The highest BCUT2D eigenvalue weighted by Crippen LogP contribution is 2.19. The largest absolute Gasteiger partial charge is 0.337 e. The summed E-state index contributed by atoms with van der Waals surface area (Å²) in [4.78, 5) is 25.0. The Morgan fingerprint density at radius 3 is 2.42 bits per heavy atom. The molecule has 7 nitrogen and oxygen atoms in total. The van der Waals surface area contributed by atoms with E-state index in [2.05, 4.69) is 25.1 Å². The lowest BCUT2D eigenvalue weighted by Crippen LogP contribution is -2.49. The van der Waals surface area contributed by atoms with Gasteiger partial charge in [-0.25, -0.2) is 14.4 Å². The van der Waals surface area contributed by atoms with Crippen LogP contribution >= 0.6 is 0 Å². The van der Waals surface area contributed by atoms with Crippen LogP contribution in [0.3, 0.4) is 0 Å². The van der Waals surface area contributed by atoms with Gasteiger partial charge < -0.3 is 9.80 Å². The number of hydrogen-bond acceptors (Lipinski definition) is 5. The highest BCUT2D eigenvalue weighted by atomic mass is 19.1. The van der Waals surface area contributed by atoms with Crippen LogP contribution in [-0.2, 0) is 0 Å². The normalized spacial score (nSPS) is 14.5. The molecule has 1 saturated heterocycles. The molecule has 132 valence electrons. The number of halogens is 1. The molecule has 26 heavy (non-hydrogen) atoms. The molecule has 1 N–H and O–H groups in total. The van der Waals surface area contributed by atoms with Crippen LogP contribution in [0.4, 0.5) is 10.3 Å². The van der Waals surface area contributed by atoms with Gasteiger partial charge in [-0.15, -0.1) is 0 Å². The minimum absolute atomic E-state index is 0.0977. The Morgan fingerprint density at radius 1 is 1.04 bits per heavy atom. The van der Waals surface area contributed by atoms with Crippen molar-refractivity contribution in [3.63, 3.8) is 0 Å². The number of aromatic nitrogens is 4. The molecule has 1 aliphatic heterocycles. The minimum Gasteiger partial charge on any atom is -0.337 e. The smallest absolute Gasteiger partial charge is 0.272 e. The number of nitrogens with zero attached hydrogens (tertiary/aromatic N) is 5. The summed E-state index contributed by atoms with van der Waals surface area (Å²) in [6.07, 6.45) is 3.42. The maximum atomic E-state index is 13.0. The maximum absolute atomic E-state index is 13.0. The van der Waals surface area contributed by atoms with Crippen molar-refractivity contribution in [1.82, 2.24) is 25.1 Å². The molecule has 2 aromatic heterocycles. The van der Waals surface area contributed by atoms with Gasteiger partial charge in [-0.2, -0.15) is 5.10 Å². The monoisotopic (exact) mass is 352 g/mol. The SMILES string of the molecule is O=C(c1cc(-c2ccc(F)cc2)n[nH]1)N1CCN(c2ncccn2)CC1. The molecule has 1 amide bonds. The summed E-state index contributed by atoms with van der Waals surface area (Å²) in [6.45, 7) is 2.52. The van der Waals surface area contributed by atoms with E-state index in [1.807, 2.05) is 0 Å². The molecule has 1 aromatic carbocycles. The number of hydrogen-bond donors (Lipinski definition) is 1. The number of aromatic amines is 1. The number of nitrogens with one attached hydrogen (secondary N) is 1. The summed E-state index contributed by atoms with van der Waals surface area (Å²) in [7, 11) is 0. The van der Waals surface area contributed by atoms with Gasteiger partial charge in [-0.1, -0.05) is 0 Å². The van der Waals surface area contributed by atoms with E-state index >= 15 is 0 Å². The van der Waals surface area contributed by atoms with Gasteiger partial charge in [0.05, 0.1) is 5.69 Å². The first-order valence-corrected chi connectivity index (χ1v) is 8.33. The molecule has 0 atom stereocenters. The summed E-state index contributed by atoms with van der Waals surface area (Å²) in [5, 5.41) is 6.95. The first kappa shape index (κ1) is 16.2. The maximum Gasteiger partial charge on any atom is 0.272 e. The van der Waals surface area contributed by atoms with E-state index in [1.54, 1.807) is 41.6 Å². The summed E-state index contributed by atoms with van der Waals surface area (Å²) < 4.78 is 13.0. The molecule has 8 heteroatoms. The fraction of sp³-hybridized carbons (Fsp3) is 0.222.